The summed E-state index contributed by atoms with van der Waals surface area (Å²) in [4.78, 5) is 24.8. The average Bonchev–Trinajstić information content (AvgIpc) is 3.29. The quantitative estimate of drug-likeness (QED) is 0.630. The van der Waals surface area contributed by atoms with Crippen LogP contribution in [-0.2, 0) is 0 Å². The number of benzene rings is 2. The van der Waals surface area contributed by atoms with E-state index in [0.29, 0.717) is 34.2 Å². The number of amides is 2. The summed E-state index contributed by atoms with van der Waals surface area (Å²) in [7, 11) is 4.49. The summed E-state index contributed by atoms with van der Waals surface area (Å²) in [5, 5.41) is 5.49. The molecule has 2 aromatic carbocycles. The number of furan rings is 1. The first-order valence-corrected chi connectivity index (χ1v) is 8.61. The molecular weight excluding hydrogens is 376 g/mol. The van der Waals surface area contributed by atoms with Gasteiger partial charge in [-0.3, -0.25) is 9.59 Å². The Labute approximate surface area is 167 Å². The topological polar surface area (TPSA) is 99.0 Å². The first kappa shape index (κ1) is 19.8. The Hall–Kier alpha value is -3.94. The van der Waals surface area contributed by atoms with Crippen LogP contribution in [0.25, 0.3) is 0 Å². The summed E-state index contributed by atoms with van der Waals surface area (Å²) in [6, 6.07) is 12.9. The fourth-order valence-electron chi connectivity index (χ4n) is 2.61. The zero-order chi connectivity index (χ0) is 20.8. The normalized spacial score (nSPS) is 10.2. The SMILES string of the molecule is COc1cc(OC)cc(C(=O)Nc2ccc(NC(=O)c3ccco3)c(OC)c2)c1. The highest BCUT2D eigenvalue weighted by Crippen LogP contribution is 2.29. The number of carbonyl (C=O) groups excluding carboxylic acids is 2. The molecule has 0 unspecified atom stereocenters. The first-order valence-electron chi connectivity index (χ1n) is 8.61. The zero-order valence-corrected chi connectivity index (χ0v) is 16.1. The van der Waals surface area contributed by atoms with Gasteiger partial charge >= 0.3 is 0 Å². The van der Waals surface area contributed by atoms with Gasteiger partial charge in [-0.15, -0.1) is 0 Å². The summed E-state index contributed by atoms with van der Waals surface area (Å²) in [5.74, 6) is 0.804. The van der Waals surface area contributed by atoms with E-state index in [-0.39, 0.29) is 11.7 Å². The molecular formula is C21H20N2O6. The van der Waals surface area contributed by atoms with E-state index in [1.54, 1.807) is 48.5 Å². The Morgan fingerprint density at radius 3 is 2.14 bits per heavy atom. The van der Waals surface area contributed by atoms with Crippen molar-refractivity contribution in [3.05, 3.63) is 66.1 Å². The molecule has 0 radical (unpaired) electrons. The molecule has 0 spiro atoms. The van der Waals surface area contributed by atoms with Crippen LogP contribution in [0, 0.1) is 0 Å². The van der Waals surface area contributed by atoms with Crippen LogP contribution in [0.2, 0.25) is 0 Å². The van der Waals surface area contributed by atoms with Crippen molar-refractivity contribution in [2.75, 3.05) is 32.0 Å². The van der Waals surface area contributed by atoms with Gasteiger partial charge in [-0.25, -0.2) is 0 Å². The van der Waals surface area contributed by atoms with Crippen molar-refractivity contribution in [3.63, 3.8) is 0 Å². The monoisotopic (exact) mass is 396 g/mol. The standard InChI is InChI=1S/C21H20N2O6/c1-26-15-9-13(10-16(12-15)27-2)20(24)22-14-6-7-17(19(11-14)28-3)23-21(25)18-5-4-8-29-18/h4-12H,1-3H3,(H,22,24)(H,23,25). The first-order chi connectivity index (χ1) is 14.0. The fraction of sp³-hybridized carbons (Fsp3) is 0.143. The third-order valence-corrected chi connectivity index (χ3v) is 4.07. The summed E-state index contributed by atoms with van der Waals surface area (Å²) in [6.45, 7) is 0. The van der Waals surface area contributed by atoms with Gasteiger partial charge in [0.15, 0.2) is 5.76 Å². The second kappa shape index (κ2) is 8.83. The van der Waals surface area contributed by atoms with E-state index in [2.05, 4.69) is 10.6 Å². The lowest BCUT2D eigenvalue weighted by molar-refractivity contribution is 0.0994. The Morgan fingerprint density at radius 2 is 1.55 bits per heavy atom. The number of hydrogen-bond donors (Lipinski definition) is 2. The molecule has 0 bridgehead atoms. The molecule has 0 saturated carbocycles. The van der Waals surface area contributed by atoms with Gasteiger partial charge in [0, 0.05) is 23.4 Å². The number of rotatable bonds is 7. The molecule has 3 aromatic rings. The number of hydrogen-bond acceptors (Lipinski definition) is 6. The summed E-state index contributed by atoms with van der Waals surface area (Å²) < 4.78 is 20.8. The van der Waals surface area contributed by atoms with Gasteiger partial charge < -0.3 is 29.3 Å². The Kier molecular flexibility index (Phi) is 6.03. The van der Waals surface area contributed by atoms with E-state index < -0.39 is 5.91 Å². The van der Waals surface area contributed by atoms with Gasteiger partial charge in [0.1, 0.15) is 17.2 Å². The third-order valence-electron chi connectivity index (χ3n) is 4.07. The molecule has 1 aromatic heterocycles. The van der Waals surface area contributed by atoms with E-state index in [9.17, 15) is 9.59 Å². The fourth-order valence-corrected chi connectivity index (χ4v) is 2.61. The number of nitrogens with one attached hydrogen (secondary N) is 2. The van der Waals surface area contributed by atoms with E-state index >= 15 is 0 Å². The lowest BCUT2D eigenvalue weighted by Crippen LogP contribution is -2.14. The minimum atomic E-state index is -0.409. The van der Waals surface area contributed by atoms with Crippen LogP contribution in [-0.4, -0.2) is 33.1 Å². The summed E-state index contributed by atoms with van der Waals surface area (Å²) in [5.41, 5.74) is 1.30. The molecule has 2 amide bonds. The van der Waals surface area contributed by atoms with Gasteiger partial charge in [-0.05, 0) is 36.4 Å². The molecule has 0 fully saturated rings. The van der Waals surface area contributed by atoms with Gasteiger partial charge in [-0.2, -0.15) is 0 Å². The van der Waals surface area contributed by atoms with Gasteiger partial charge in [0.25, 0.3) is 11.8 Å². The lowest BCUT2D eigenvalue weighted by atomic mass is 10.1. The van der Waals surface area contributed by atoms with Gasteiger partial charge in [0.05, 0.1) is 33.3 Å². The Bertz CT molecular complexity index is 992. The summed E-state index contributed by atoms with van der Waals surface area (Å²) >= 11 is 0. The molecule has 0 saturated heterocycles. The maximum Gasteiger partial charge on any atom is 0.291 e. The van der Waals surface area contributed by atoms with Crippen LogP contribution in [0.3, 0.4) is 0 Å². The largest absolute Gasteiger partial charge is 0.497 e. The van der Waals surface area contributed by atoms with Crippen LogP contribution < -0.4 is 24.8 Å². The van der Waals surface area contributed by atoms with Gasteiger partial charge in [-0.1, -0.05) is 0 Å². The Balaban J connectivity index is 1.78. The lowest BCUT2D eigenvalue weighted by Gasteiger charge is -2.13. The van der Waals surface area contributed by atoms with E-state index in [1.165, 1.54) is 27.6 Å². The highest BCUT2D eigenvalue weighted by molar-refractivity contribution is 6.06. The number of anilines is 2. The van der Waals surface area contributed by atoms with Crippen LogP contribution in [0.15, 0.2) is 59.2 Å². The molecule has 150 valence electrons. The second-order valence-corrected chi connectivity index (χ2v) is 5.90. The highest BCUT2D eigenvalue weighted by Gasteiger charge is 2.14. The van der Waals surface area contributed by atoms with Crippen molar-refractivity contribution >= 4 is 23.2 Å². The second-order valence-electron chi connectivity index (χ2n) is 5.90. The minimum Gasteiger partial charge on any atom is -0.497 e. The van der Waals surface area contributed by atoms with Crippen molar-refractivity contribution in [2.45, 2.75) is 0 Å². The molecule has 2 N–H and O–H groups in total. The molecule has 0 aliphatic carbocycles. The molecule has 0 atom stereocenters. The number of carbonyl (C=O) groups is 2. The van der Waals surface area contributed by atoms with Crippen molar-refractivity contribution in [1.82, 2.24) is 0 Å². The van der Waals surface area contributed by atoms with E-state index in [1.807, 2.05) is 0 Å². The molecule has 0 aliphatic rings. The van der Waals surface area contributed by atoms with E-state index in [4.69, 9.17) is 18.6 Å². The molecule has 8 heteroatoms. The van der Waals surface area contributed by atoms with Crippen molar-refractivity contribution < 1.29 is 28.2 Å². The van der Waals surface area contributed by atoms with Crippen LogP contribution in [0.4, 0.5) is 11.4 Å². The predicted molar refractivity (Wildman–Crippen MR) is 107 cm³/mol. The van der Waals surface area contributed by atoms with Crippen LogP contribution in [0.5, 0.6) is 17.2 Å². The third kappa shape index (κ3) is 4.67. The van der Waals surface area contributed by atoms with Crippen molar-refractivity contribution in [2.24, 2.45) is 0 Å². The van der Waals surface area contributed by atoms with Crippen molar-refractivity contribution in [1.29, 1.82) is 0 Å². The number of ether oxygens (including phenoxy) is 3. The van der Waals surface area contributed by atoms with Gasteiger partial charge in [0.2, 0.25) is 0 Å². The molecule has 29 heavy (non-hydrogen) atoms. The minimum absolute atomic E-state index is 0.177. The maximum absolute atomic E-state index is 12.6. The molecule has 8 nitrogen and oxygen atoms in total. The highest BCUT2D eigenvalue weighted by atomic mass is 16.5. The smallest absolute Gasteiger partial charge is 0.291 e. The maximum atomic E-state index is 12.6. The summed E-state index contributed by atoms with van der Waals surface area (Å²) in [6.07, 6.45) is 1.42. The average molecular weight is 396 g/mol. The molecule has 1 heterocycles. The molecule has 3 rings (SSSR count). The van der Waals surface area contributed by atoms with Crippen molar-refractivity contribution in [3.8, 4) is 17.2 Å². The zero-order valence-electron chi connectivity index (χ0n) is 16.1. The molecule has 0 aliphatic heterocycles. The van der Waals surface area contributed by atoms with E-state index in [0.717, 1.165) is 0 Å². The predicted octanol–water partition coefficient (Wildman–Crippen LogP) is 3.81. The van der Waals surface area contributed by atoms with Crippen LogP contribution >= 0.6 is 0 Å². The van der Waals surface area contributed by atoms with Crippen LogP contribution in [0.1, 0.15) is 20.9 Å². The Morgan fingerprint density at radius 1 is 0.828 bits per heavy atom. The number of methoxy groups -OCH3 is 3.